The molecule has 4 heavy (non-hydrogen) atoms. The van der Waals surface area contributed by atoms with Crippen molar-refractivity contribution in [2.24, 2.45) is 0 Å². The van der Waals surface area contributed by atoms with Crippen molar-refractivity contribution in [3.63, 3.8) is 0 Å². The van der Waals surface area contributed by atoms with Gasteiger partial charge in [-0.3, -0.25) is 0 Å². The second-order valence-corrected chi connectivity index (χ2v) is 0. The van der Waals surface area contributed by atoms with Crippen molar-refractivity contribution in [2.75, 3.05) is 0 Å². The van der Waals surface area contributed by atoms with Crippen LogP contribution in [0.2, 0.25) is 0 Å². The Kier molecular flexibility index (Phi) is 133. The first-order valence-electron chi connectivity index (χ1n) is 1.00. The quantitative estimate of drug-likeness (QED) is 0.254. The average Bonchev–Trinajstić information content (AvgIpc) is 1.00. The van der Waals surface area contributed by atoms with Crippen LogP contribution >= 0.6 is 0 Å². The molecule has 0 aromatic heterocycles. The molecule has 0 heterocycles. The van der Waals surface area contributed by atoms with Gasteiger partial charge in [-0.2, -0.15) is 0 Å². The topological polar surface area (TPSA) is 0 Å². The maximum atomic E-state index is 2.00. The Labute approximate surface area is 51.8 Å². The van der Waals surface area contributed by atoms with Crippen molar-refractivity contribution >= 4 is 51.7 Å². The molecule has 0 saturated heterocycles. The molecule has 0 aliphatic carbocycles. The molecule has 0 spiro atoms. The van der Waals surface area contributed by atoms with Gasteiger partial charge in [-0.15, -0.1) is 0 Å². The molecule has 0 nitrogen and oxygen atoms in total. The minimum atomic E-state index is 0. The summed E-state index contributed by atoms with van der Waals surface area (Å²) in [6, 6.07) is 0. The van der Waals surface area contributed by atoms with Crippen LogP contribution < -0.4 is 0 Å². The van der Waals surface area contributed by atoms with Gasteiger partial charge in [-0.25, -0.2) is 0 Å². The predicted octanol–water partition coefficient (Wildman–Crippen LogP) is -3.66. The maximum absolute atomic E-state index is 2.00. The van der Waals surface area contributed by atoms with Gasteiger partial charge in [0.2, 0.25) is 0 Å². The minimum absolute atomic E-state index is 0. The van der Waals surface area contributed by atoms with E-state index in [1.54, 1.807) is 0 Å². The fourth-order valence-corrected chi connectivity index (χ4v) is 0. The van der Waals surface area contributed by atoms with E-state index in [-0.39, 0.29) is 36.2 Å². The normalized spacial score (nSPS) is 1.00. The van der Waals surface area contributed by atoms with E-state index in [0.29, 0.717) is 0 Å². The summed E-state index contributed by atoms with van der Waals surface area (Å²) in [6.07, 6.45) is 0. The summed E-state index contributed by atoms with van der Waals surface area (Å²) in [7, 11) is 4.00. The molecule has 0 N–H and O–H groups in total. The summed E-state index contributed by atoms with van der Waals surface area (Å²) in [4.78, 5) is 0. The van der Waals surface area contributed by atoms with Crippen LogP contribution in [-0.4, -0.2) is 51.7 Å². The molecule has 0 radical (unpaired) electrons. The summed E-state index contributed by atoms with van der Waals surface area (Å²) in [6.45, 7) is 0. The van der Waals surface area contributed by atoms with Gasteiger partial charge < -0.3 is 0 Å². The second kappa shape index (κ2) is 28.5. The zero-order valence-corrected chi connectivity index (χ0v) is 2.00. The van der Waals surface area contributed by atoms with E-state index in [1.807, 2.05) is 15.5 Å². The molecule has 18 valence electrons. The molecule has 0 rings (SSSR count). The number of hydrogen-bond donors (Lipinski definition) is 0. The summed E-state index contributed by atoms with van der Waals surface area (Å²) in [5.74, 6) is 0. The van der Waals surface area contributed by atoms with E-state index < -0.39 is 0 Å². The molecule has 0 fully saturated rings. The second-order valence-electron chi connectivity index (χ2n) is 0. The fraction of sp³-hybridized carbons (Fsp3) is 0. The standard InChI is InChI=1S/Al.B2H4.Li.4H/c;1-2;;;;;/h;1-2H2;;;;;. The van der Waals surface area contributed by atoms with E-state index >= 15 is 0 Å². The van der Waals surface area contributed by atoms with E-state index in [0.717, 1.165) is 0 Å². The van der Waals surface area contributed by atoms with Crippen molar-refractivity contribution in [3.8, 4) is 0 Å². The molecule has 0 saturated carbocycles. The first-order valence-corrected chi connectivity index (χ1v) is 1.00. The Morgan fingerprint density at radius 3 is 1.00 bits per heavy atom. The Balaban J connectivity index is -0.00000000500. The first kappa shape index (κ1) is 18.7. The van der Waals surface area contributed by atoms with E-state index in [9.17, 15) is 0 Å². The van der Waals surface area contributed by atoms with Crippen LogP contribution in [0.3, 0.4) is 0 Å². The molecular weight excluding hydrogens is 55.5 g/mol. The SMILES string of the molecule is BB.[AlH3].[LiH]. The molecule has 0 atom stereocenters. The summed E-state index contributed by atoms with van der Waals surface area (Å²) in [5, 5.41) is 0. The van der Waals surface area contributed by atoms with Gasteiger partial charge in [0.15, 0.2) is 17.4 Å². The van der Waals surface area contributed by atoms with Crippen LogP contribution in [0.1, 0.15) is 0 Å². The van der Waals surface area contributed by atoms with Crippen LogP contribution in [0.25, 0.3) is 0 Å². The third-order valence-electron chi connectivity index (χ3n) is 0. The average molecular weight is 63.6 g/mol. The molecule has 0 aliphatic rings. The van der Waals surface area contributed by atoms with Gasteiger partial charge in [0.05, 0.1) is 15.5 Å². The summed E-state index contributed by atoms with van der Waals surface area (Å²) >= 11 is 0. The summed E-state index contributed by atoms with van der Waals surface area (Å²) < 4.78 is 0. The van der Waals surface area contributed by atoms with Crippen molar-refractivity contribution in [1.82, 2.24) is 0 Å². The van der Waals surface area contributed by atoms with Crippen LogP contribution in [0.4, 0.5) is 0 Å². The molecule has 4 heteroatoms. The van der Waals surface area contributed by atoms with E-state index in [2.05, 4.69) is 0 Å². The van der Waals surface area contributed by atoms with Gasteiger partial charge in [-0.05, 0) is 0 Å². The first-order chi connectivity index (χ1) is 1.00. The molecule has 0 bridgehead atoms. The van der Waals surface area contributed by atoms with Crippen molar-refractivity contribution in [1.29, 1.82) is 0 Å². The van der Waals surface area contributed by atoms with Crippen molar-refractivity contribution in [2.45, 2.75) is 0 Å². The van der Waals surface area contributed by atoms with Crippen molar-refractivity contribution in [3.05, 3.63) is 0 Å². The predicted molar refractivity (Wildman–Crippen MR) is 34.2 cm³/mol. The fourth-order valence-electron chi connectivity index (χ4n) is 0. The summed E-state index contributed by atoms with van der Waals surface area (Å²) in [5.41, 5.74) is 0. The van der Waals surface area contributed by atoms with Gasteiger partial charge in [0.1, 0.15) is 0 Å². The monoisotopic (exact) mass is 64.1 g/mol. The molecule has 0 unspecified atom stereocenters. The van der Waals surface area contributed by atoms with Crippen LogP contribution in [0.15, 0.2) is 0 Å². The Hall–Kier alpha value is 1.26. The molecule has 0 aromatic carbocycles. The Bertz CT molecular complexity index is 6.00. The number of hydrogen-bond acceptors (Lipinski definition) is 0. The van der Waals surface area contributed by atoms with Crippen LogP contribution in [-0.2, 0) is 0 Å². The molecular formula is H8AlB2Li. The Morgan fingerprint density at radius 1 is 1.00 bits per heavy atom. The number of rotatable bonds is 0. The Morgan fingerprint density at radius 2 is 1.00 bits per heavy atom. The van der Waals surface area contributed by atoms with Gasteiger partial charge in [0.25, 0.3) is 0 Å². The van der Waals surface area contributed by atoms with Gasteiger partial charge in [0, 0.05) is 0 Å². The van der Waals surface area contributed by atoms with E-state index in [4.69, 9.17) is 0 Å². The molecule has 0 aliphatic heterocycles. The zero-order valence-electron chi connectivity index (χ0n) is 2.00. The molecule has 0 amide bonds. The third-order valence-corrected chi connectivity index (χ3v) is 0. The van der Waals surface area contributed by atoms with Crippen molar-refractivity contribution < 1.29 is 0 Å². The van der Waals surface area contributed by atoms with Gasteiger partial charge >= 0.3 is 18.9 Å². The van der Waals surface area contributed by atoms with Crippen LogP contribution in [0.5, 0.6) is 0 Å². The molecule has 0 aromatic rings. The van der Waals surface area contributed by atoms with E-state index in [1.165, 1.54) is 0 Å². The third kappa shape index (κ3) is 10.5. The van der Waals surface area contributed by atoms with Gasteiger partial charge in [-0.1, -0.05) is 0 Å². The van der Waals surface area contributed by atoms with Crippen LogP contribution in [0, 0.1) is 0 Å². The zero-order chi connectivity index (χ0) is 2.00.